The summed E-state index contributed by atoms with van der Waals surface area (Å²) in [5.74, 6) is -3.33. The molecule has 0 radical (unpaired) electrons. The molecule has 8 aliphatic rings. The minimum Gasteiger partial charge on any atom is -0.328 e. The maximum absolute atomic E-state index is 12.7. The van der Waals surface area contributed by atoms with Gasteiger partial charge in [0, 0.05) is 96.3 Å². The van der Waals surface area contributed by atoms with Crippen LogP contribution in [-0.4, -0.2) is 234 Å². The first-order chi connectivity index (χ1) is 56.0. The van der Waals surface area contributed by atoms with E-state index in [1.165, 1.54) is 59.8 Å². The third-order valence-electron chi connectivity index (χ3n) is 18.0. The topological polar surface area (TPSA) is 383 Å². The first kappa shape index (κ1) is 90.0. The molecule has 15 heterocycles. The Morgan fingerprint density at radius 2 is 0.758 bits per heavy atom. The van der Waals surface area contributed by atoms with Gasteiger partial charge in [-0.25, -0.2) is 103 Å². The molecule has 0 spiro atoms. The SMILES string of the molecule is CN1C(=O)N(c2cc(C(F)(F)F)ccn2)C(=O)C1(C)C.CN1CC(=O)N(c2cc(C(F)(F)F)ccn2)C1=O.CN1CC(=O)N(c2cc(Cl)ccn2)C1=O.CN1CC(=O)N(c2ccccn2)C1=O.Cc1ccc(N2C(=O)CN(C)C2=O)nc1.O=C1C2CCCCN2C(=O)N1c1cc(C(F)(F)F)ccn1.O=C1CNC(=O)N1c1cc(C(F)(F)F)ccn1. The Morgan fingerprint density at radius 1 is 0.392 bits per heavy atom. The fourth-order valence-corrected chi connectivity index (χ4v) is 11.7. The Labute approximate surface area is 675 Å². The number of hydrogen-bond donors (Lipinski definition) is 1. The molecule has 0 saturated carbocycles. The second-order valence-corrected chi connectivity index (χ2v) is 27.3. The van der Waals surface area contributed by atoms with Gasteiger partial charge in [-0.3, -0.25) is 33.6 Å². The highest BCUT2D eigenvalue weighted by Crippen LogP contribution is 2.38. The quantitative estimate of drug-likeness (QED) is 0.114. The zero-order chi connectivity index (χ0) is 88.7. The van der Waals surface area contributed by atoms with Gasteiger partial charge < -0.3 is 34.7 Å². The van der Waals surface area contributed by atoms with Crippen molar-refractivity contribution in [3.8, 4) is 0 Å². The van der Waals surface area contributed by atoms with Crippen LogP contribution in [0.15, 0.2) is 134 Å². The second-order valence-electron chi connectivity index (χ2n) is 26.9. The molecule has 15 rings (SSSR count). The largest absolute Gasteiger partial charge is 0.416 e. The van der Waals surface area contributed by atoms with Crippen LogP contribution in [0.5, 0.6) is 0 Å². The highest BCUT2D eigenvalue weighted by Gasteiger charge is 2.52. The molecular weight excluding hydrogens is 1650 g/mol. The first-order valence-electron chi connectivity index (χ1n) is 34.8. The Morgan fingerprint density at radius 3 is 1.08 bits per heavy atom. The molecule has 7 aromatic heterocycles. The number of amides is 21. The number of rotatable bonds is 7. The Kier molecular flexibility index (Phi) is 26.9. The highest BCUT2D eigenvalue weighted by molar-refractivity contribution is 6.31. The van der Waals surface area contributed by atoms with Crippen LogP contribution in [0.3, 0.4) is 0 Å². The summed E-state index contributed by atoms with van der Waals surface area (Å²) >= 11 is 5.75. The average molecular weight is 1710 g/mol. The fraction of sp³-hybridized carbons (Fsp3) is 0.319. The summed E-state index contributed by atoms with van der Waals surface area (Å²) in [6, 6.07) is 13.2. The lowest BCUT2D eigenvalue weighted by Gasteiger charge is -2.25. The molecule has 8 aliphatic heterocycles. The fourth-order valence-electron chi connectivity index (χ4n) is 11.6. The summed E-state index contributed by atoms with van der Waals surface area (Å²) < 4.78 is 151. The van der Waals surface area contributed by atoms with Gasteiger partial charge in [-0.2, -0.15) is 52.7 Å². The van der Waals surface area contributed by atoms with Gasteiger partial charge in [0.15, 0.2) is 0 Å². The summed E-state index contributed by atoms with van der Waals surface area (Å²) in [5, 5.41) is 2.63. The van der Waals surface area contributed by atoms with Crippen LogP contribution >= 0.6 is 11.6 Å². The number of aryl methyl sites for hydroxylation is 1. The zero-order valence-electron chi connectivity index (χ0n) is 63.7. The van der Waals surface area contributed by atoms with E-state index in [1.807, 2.05) is 13.0 Å². The van der Waals surface area contributed by atoms with Crippen LogP contribution in [0, 0.1) is 6.92 Å². The van der Waals surface area contributed by atoms with Gasteiger partial charge in [-0.1, -0.05) is 23.7 Å². The van der Waals surface area contributed by atoms with Gasteiger partial charge in [0.2, 0.25) is 0 Å². The molecule has 0 aliphatic carbocycles. The molecule has 634 valence electrons. The molecule has 1 N–H and O–H groups in total. The third kappa shape index (κ3) is 20.2. The van der Waals surface area contributed by atoms with Gasteiger partial charge in [0.25, 0.3) is 41.4 Å². The van der Waals surface area contributed by atoms with Crippen LogP contribution in [0.1, 0.15) is 60.9 Å². The average Bonchev–Trinajstić information content (AvgIpc) is 1.57. The molecule has 1 atom stereocenters. The van der Waals surface area contributed by atoms with Crippen LogP contribution in [0.4, 0.5) is 127 Å². The van der Waals surface area contributed by atoms with Crippen molar-refractivity contribution in [1.29, 1.82) is 0 Å². The molecule has 0 bridgehead atoms. The molecule has 21 amide bonds. The predicted octanol–water partition coefficient (Wildman–Crippen LogP) is 9.76. The van der Waals surface area contributed by atoms with Crippen LogP contribution < -0.4 is 39.6 Å². The van der Waals surface area contributed by atoms with Crippen LogP contribution in [0.25, 0.3) is 0 Å². The number of imide groups is 7. The van der Waals surface area contributed by atoms with E-state index in [1.54, 1.807) is 63.9 Å². The molecular formula is C72H66ClF12N21O14. The van der Waals surface area contributed by atoms with Crippen molar-refractivity contribution in [2.45, 2.75) is 76.3 Å². The summed E-state index contributed by atoms with van der Waals surface area (Å²) in [7, 11) is 7.53. The maximum Gasteiger partial charge on any atom is 0.416 e. The van der Waals surface area contributed by atoms with E-state index in [2.05, 4.69) is 40.2 Å². The number of piperidine rings is 1. The predicted molar refractivity (Wildman–Crippen MR) is 394 cm³/mol. The van der Waals surface area contributed by atoms with Gasteiger partial charge in [-0.15, -0.1) is 0 Å². The van der Waals surface area contributed by atoms with Gasteiger partial charge >= 0.3 is 66.9 Å². The summed E-state index contributed by atoms with van der Waals surface area (Å²) in [6.45, 7) is 5.28. The highest BCUT2D eigenvalue weighted by atomic mass is 35.5. The summed E-state index contributed by atoms with van der Waals surface area (Å²) in [4.78, 5) is 203. The number of anilines is 7. The number of nitrogens with zero attached hydrogens (tertiary/aromatic N) is 20. The number of carbonyl (C=O) groups excluding carboxylic acids is 14. The molecule has 8 saturated heterocycles. The van der Waals surface area contributed by atoms with Crippen molar-refractivity contribution in [3.63, 3.8) is 0 Å². The number of fused-ring (bicyclic) bond motifs is 1. The number of urea groups is 7. The lowest BCUT2D eigenvalue weighted by Crippen LogP contribution is -2.41. The van der Waals surface area contributed by atoms with Crippen molar-refractivity contribution in [3.05, 3.63) is 167 Å². The number of halogens is 13. The molecule has 1 unspecified atom stereocenters. The normalized spacial score (nSPS) is 18.0. The first-order valence-corrected chi connectivity index (χ1v) is 35.2. The summed E-state index contributed by atoms with van der Waals surface area (Å²) in [5.41, 5.74) is -3.94. The Balaban J connectivity index is 0.000000160. The Bertz CT molecular complexity index is 5150. The molecule has 8 fully saturated rings. The standard InChI is InChI=1S/C13H12F3N3O2.C12H12F3N3O2.C10H8F3N3O2.C10H11N3O2.C9H8ClN3O2.C9H6F3N3O2.C9H9N3O2/c14-13(15,16)8-4-5-17-10(7-8)19-11(20)9-3-1-2-6-18(9)12(19)21;1-11(2)9(19)18(10(20)17(11)3)8-6-7(4-5-16-8)12(13,14)15;1-15-5-8(17)16(9(15)18)7-4-6(2-3-14-7)10(11,12)13;1-7-3-4-8(11-5-7)13-9(14)6-12(2)10(13)15;1-12-5-8(14)13(9(12)15)7-4-6(10)2-3-11-7;10-9(11,12)5-1-2-13-6(3-5)15-7(16)4-14-8(15)17;1-11-6-8(13)12(9(11)14)7-4-2-3-5-10-7/h4-5,7,9H,1-3,6H2;4-6H,1-3H3;2-4H,5H2,1H3;3-5H,6H2,1-2H3;2-4H,5H2,1H3;1-3H,4H2,(H,14,17);2-5H,6H2,1H3. The number of hydrogen-bond acceptors (Lipinski definition) is 21. The van der Waals surface area contributed by atoms with E-state index in [0.717, 1.165) is 103 Å². The van der Waals surface area contributed by atoms with Crippen molar-refractivity contribution < 1.29 is 120 Å². The number of likely N-dealkylation sites (N-methyl/N-ethyl adjacent to an activating group) is 5. The van der Waals surface area contributed by atoms with Crippen LogP contribution in [-0.2, 0) is 58.3 Å². The van der Waals surface area contributed by atoms with E-state index in [-0.39, 0.29) is 97.6 Å². The number of alkyl halides is 12. The van der Waals surface area contributed by atoms with Crippen molar-refractivity contribution >= 4 is 136 Å². The van der Waals surface area contributed by atoms with E-state index >= 15 is 0 Å². The minimum atomic E-state index is -4.56. The number of pyridine rings is 7. The van der Waals surface area contributed by atoms with Crippen LogP contribution in [0.2, 0.25) is 5.02 Å². The Hall–Kier alpha value is -13.9. The van der Waals surface area contributed by atoms with Crippen molar-refractivity contribution in [2.75, 3.05) is 109 Å². The lowest BCUT2D eigenvalue weighted by atomic mass is 10.0. The molecule has 0 aromatic carbocycles. The van der Waals surface area contributed by atoms with Gasteiger partial charge in [0.1, 0.15) is 78.5 Å². The van der Waals surface area contributed by atoms with Gasteiger partial charge in [0.05, 0.1) is 28.8 Å². The van der Waals surface area contributed by atoms with E-state index in [0.29, 0.717) is 62.5 Å². The molecule has 48 heteroatoms. The van der Waals surface area contributed by atoms with E-state index < -0.39 is 106 Å². The number of nitrogens with one attached hydrogen (secondary N) is 1. The minimum absolute atomic E-state index is 0.0764. The molecule has 35 nitrogen and oxygen atoms in total. The second kappa shape index (κ2) is 35.9. The third-order valence-corrected chi connectivity index (χ3v) is 18.3. The van der Waals surface area contributed by atoms with Gasteiger partial charge in [-0.05, 0) is 118 Å². The van der Waals surface area contributed by atoms with Crippen molar-refractivity contribution in [2.24, 2.45) is 0 Å². The monoisotopic (exact) mass is 1710 g/mol. The maximum atomic E-state index is 12.7. The smallest absolute Gasteiger partial charge is 0.328 e. The molecule has 120 heavy (non-hydrogen) atoms. The lowest BCUT2D eigenvalue weighted by molar-refractivity contribution is -0.138. The number of aromatic nitrogens is 7. The van der Waals surface area contributed by atoms with Crippen molar-refractivity contribution in [1.82, 2.24) is 69.6 Å². The van der Waals surface area contributed by atoms with E-state index in [9.17, 15) is 120 Å². The molecule has 7 aromatic rings. The van der Waals surface area contributed by atoms with E-state index in [4.69, 9.17) is 11.6 Å². The zero-order valence-corrected chi connectivity index (χ0v) is 64.5. The summed E-state index contributed by atoms with van der Waals surface area (Å²) in [6.07, 6.45) is -7.72. The number of carbonyl (C=O) groups is 14.